The average Bonchev–Trinajstić information content (AvgIpc) is 3.06. The van der Waals surface area contributed by atoms with E-state index in [4.69, 9.17) is 24.5 Å². The summed E-state index contributed by atoms with van der Waals surface area (Å²) < 4.78 is 21.2. The molecule has 0 spiro atoms. The maximum atomic E-state index is 5.55. The highest BCUT2D eigenvalue weighted by Crippen LogP contribution is 2.32. The van der Waals surface area contributed by atoms with Gasteiger partial charge in [-0.15, -0.1) is 0 Å². The summed E-state index contributed by atoms with van der Waals surface area (Å²) in [5, 5.41) is 3.79. The molecular weight excluding hydrogens is 248 g/mol. The number of aromatic nitrogens is 1. The smallest absolute Gasteiger partial charge is 0.231 e. The van der Waals surface area contributed by atoms with Crippen molar-refractivity contribution in [2.24, 2.45) is 5.73 Å². The molecule has 2 aromatic rings. The predicted octanol–water partition coefficient (Wildman–Crippen LogP) is 1.58. The SMILES string of the molecule is NCc1cc(COCc2ccc3c(c2)OCO3)on1. The molecule has 1 aliphatic rings. The van der Waals surface area contributed by atoms with Gasteiger partial charge in [0.2, 0.25) is 6.79 Å². The van der Waals surface area contributed by atoms with Crippen molar-refractivity contribution in [1.82, 2.24) is 5.16 Å². The lowest BCUT2D eigenvalue weighted by Crippen LogP contribution is -1.95. The van der Waals surface area contributed by atoms with Gasteiger partial charge in [0.1, 0.15) is 6.61 Å². The van der Waals surface area contributed by atoms with E-state index in [0.29, 0.717) is 25.5 Å². The van der Waals surface area contributed by atoms with Crippen molar-refractivity contribution in [2.75, 3.05) is 6.79 Å². The third-order valence-corrected chi connectivity index (χ3v) is 2.77. The zero-order valence-electron chi connectivity index (χ0n) is 10.3. The van der Waals surface area contributed by atoms with Crippen LogP contribution in [0, 0.1) is 0 Å². The molecule has 100 valence electrons. The fourth-order valence-corrected chi connectivity index (χ4v) is 1.82. The van der Waals surface area contributed by atoms with E-state index in [0.717, 1.165) is 22.8 Å². The Morgan fingerprint density at radius 1 is 1.16 bits per heavy atom. The molecule has 2 heterocycles. The van der Waals surface area contributed by atoms with Crippen molar-refractivity contribution >= 4 is 0 Å². The van der Waals surface area contributed by atoms with E-state index in [1.807, 2.05) is 18.2 Å². The molecule has 0 aliphatic carbocycles. The minimum absolute atomic E-state index is 0.277. The van der Waals surface area contributed by atoms with Crippen LogP contribution in [0.15, 0.2) is 28.8 Å². The van der Waals surface area contributed by atoms with Gasteiger partial charge < -0.3 is 24.5 Å². The van der Waals surface area contributed by atoms with Gasteiger partial charge in [0.15, 0.2) is 17.3 Å². The fourth-order valence-electron chi connectivity index (χ4n) is 1.82. The van der Waals surface area contributed by atoms with Crippen molar-refractivity contribution in [3.05, 3.63) is 41.3 Å². The maximum Gasteiger partial charge on any atom is 0.231 e. The van der Waals surface area contributed by atoms with Crippen LogP contribution in [0.3, 0.4) is 0 Å². The largest absolute Gasteiger partial charge is 0.454 e. The third-order valence-electron chi connectivity index (χ3n) is 2.77. The highest BCUT2D eigenvalue weighted by molar-refractivity contribution is 5.44. The summed E-state index contributed by atoms with van der Waals surface area (Å²) in [6, 6.07) is 7.52. The second kappa shape index (κ2) is 5.29. The van der Waals surface area contributed by atoms with Crippen molar-refractivity contribution < 1.29 is 18.7 Å². The van der Waals surface area contributed by atoms with E-state index < -0.39 is 0 Å². The van der Waals surface area contributed by atoms with E-state index in [-0.39, 0.29) is 6.79 Å². The number of fused-ring (bicyclic) bond motifs is 1. The average molecular weight is 262 g/mol. The Morgan fingerprint density at radius 3 is 2.89 bits per heavy atom. The van der Waals surface area contributed by atoms with E-state index in [1.54, 1.807) is 6.07 Å². The first kappa shape index (κ1) is 12.0. The zero-order valence-corrected chi connectivity index (χ0v) is 10.3. The van der Waals surface area contributed by atoms with Crippen LogP contribution in [0.2, 0.25) is 0 Å². The lowest BCUT2D eigenvalue weighted by Gasteiger charge is -2.03. The monoisotopic (exact) mass is 262 g/mol. The second-order valence-corrected chi connectivity index (χ2v) is 4.17. The van der Waals surface area contributed by atoms with Crippen molar-refractivity contribution in [1.29, 1.82) is 0 Å². The first-order valence-electron chi connectivity index (χ1n) is 5.96. The van der Waals surface area contributed by atoms with Gasteiger partial charge in [-0.1, -0.05) is 11.2 Å². The molecule has 0 amide bonds. The molecule has 2 N–H and O–H groups in total. The van der Waals surface area contributed by atoms with Crippen LogP contribution >= 0.6 is 0 Å². The van der Waals surface area contributed by atoms with Crippen LogP contribution in [0.25, 0.3) is 0 Å². The lowest BCUT2D eigenvalue weighted by atomic mass is 10.2. The van der Waals surface area contributed by atoms with E-state index >= 15 is 0 Å². The highest BCUT2D eigenvalue weighted by Gasteiger charge is 2.13. The number of hydrogen-bond donors (Lipinski definition) is 1. The molecule has 1 aliphatic heterocycles. The highest BCUT2D eigenvalue weighted by atomic mass is 16.7. The van der Waals surface area contributed by atoms with Crippen LogP contribution in [-0.4, -0.2) is 11.9 Å². The molecule has 0 saturated heterocycles. The molecule has 1 aromatic carbocycles. The zero-order chi connectivity index (χ0) is 13.1. The summed E-state index contributed by atoms with van der Waals surface area (Å²) in [6.07, 6.45) is 0. The van der Waals surface area contributed by atoms with Crippen LogP contribution in [0.5, 0.6) is 11.5 Å². The van der Waals surface area contributed by atoms with Gasteiger partial charge in [0, 0.05) is 12.6 Å². The number of nitrogens with zero attached hydrogens (tertiary/aromatic N) is 1. The molecular formula is C13H14N2O4. The normalized spacial score (nSPS) is 12.9. The first-order chi connectivity index (χ1) is 9.35. The standard InChI is InChI=1S/C13H14N2O4/c14-5-10-4-11(19-15-10)7-16-6-9-1-2-12-13(3-9)18-8-17-12/h1-4H,5-8,14H2. The topological polar surface area (TPSA) is 79.7 Å². The number of benzene rings is 1. The van der Waals surface area contributed by atoms with Gasteiger partial charge in [0.05, 0.1) is 12.3 Å². The van der Waals surface area contributed by atoms with Gasteiger partial charge in [-0.2, -0.15) is 0 Å². The summed E-state index contributed by atoms with van der Waals surface area (Å²) in [5.74, 6) is 2.19. The number of hydrogen-bond acceptors (Lipinski definition) is 6. The predicted molar refractivity (Wildman–Crippen MR) is 65.5 cm³/mol. The fraction of sp³-hybridized carbons (Fsp3) is 0.308. The molecule has 0 atom stereocenters. The molecule has 19 heavy (non-hydrogen) atoms. The number of rotatable bonds is 5. The van der Waals surface area contributed by atoms with E-state index in [2.05, 4.69) is 5.16 Å². The van der Waals surface area contributed by atoms with Crippen LogP contribution in [0.1, 0.15) is 17.0 Å². The summed E-state index contributed by atoms with van der Waals surface area (Å²) in [7, 11) is 0. The Labute approximate surface area is 110 Å². The number of ether oxygens (including phenoxy) is 3. The third kappa shape index (κ3) is 2.69. The Bertz CT molecular complexity index is 568. The van der Waals surface area contributed by atoms with Gasteiger partial charge in [-0.05, 0) is 17.7 Å². The van der Waals surface area contributed by atoms with Crippen molar-refractivity contribution in [2.45, 2.75) is 19.8 Å². The summed E-state index contributed by atoms with van der Waals surface area (Å²) in [6.45, 7) is 1.47. The van der Waals surface area contributed by atoms with Crippen LogP contribution < -0.4 is 15.2 Å². The molecule has 6 heteroatoms. The Morgan fingerprint density at radius 2 is 2.05 bits per heavy atom. The van der Waals surface area contributed by atoms with Crippen LogP contribution in [-0.2, 0) is 24.5 Å². The summed E-state index contributed by atoms with van der Waals surface area (Å²) in [5.41, 5.74) is 7.19. The summed E-state index contributed by atoms with van der Waals surface area (Å²) >= 11 is 0. The molecule has 0 saturated carbocycles. The van der Waals surface area contributed by atoms with Crippen molar-refractivity contribution in [3.63, 3.8) is 0 Å². The molecule has 0 fully saturated rings. The Kier molecular flexibility index (Phi) is 3.35. The first-order valence-corrected chi connectivity index (χ1v) is 5.96. The van der Waals surface area contributed by atoms with Crippen LogP contribution in [0.4, 0.5) is 0 Å². The second-order valence-electron chi connectivity index (χ2n) is 4.17. The minimum Gasteiger partial charge on any atom is -0.454 e. The van der Waals surface area contributed by atoms with Gasteiger partial charge in [-0.25, -0.2) is 0 Å². The van der Waals surface area contributed by atoms with Gasteiger partial charge in [0.25, 0.3) is 0 Å². The molecule has 6 nitrogen and oxygen atoms in total. The number of nitrogens with two attached hydrogens (primary N) is 1. The summed E-state index contributed by atoms with van der Waals surface area (Å²) in [4.78, 5) is 0. The maximum absolute atomic E-state index is 5.55. The van der Waals surface area contributed by atoms with Crippen molar-refractivity contribution in [3.8, 4) is 11.5 Å². The molecule has 0 radical (unpaired) electrons. The molecule has 0 unspecified atom stereocenters. The molecule has 1 aromatic heterocycles. The van der Waals surface area contributed by atoms with Gasteiger partial charge >= 0.3 is 0 Å². The van der Waals surface area contributed by atoms with Gasteiger partial charge in [-0.3, -0.25) is 0 Å². The Balaban J connectivity index is 1.54. The lowest BCUT2D eigenvalue weighted by molar-refractivity contribution is 0.0882. The molecule has 3 rings (SSSR count). The van der Waals surface area contributed by atoms with E-state index in [1.165, 1.54) is 0 Å². The quantitative estimate of drug-likeness (QED) is 0.881. The minimum atomic E-state index is 0.277. The molecule has 0 bridgehead atoms. The Hall–Kier alpha value is -2.05. The van der Waals surface area contributed by atoms with E-state index in [9.17, 15) is 0 Å².